The first kappa shape index (κ1) is 24.0. The first-order chi connectivity index (χ1) is 17.6. The third-order valence-electron chi connectivity index (χ3n) is 6.43. The molecule has 0 saturated carbocycles. The van der Waals surface area contributed by atoms with Crippen LogP contribution in [-0.2, 0) is 26.3 Å². The number of rotatable bonds is 4. The Kier molecular flexibility index (Phi) is 5.48. The second-order valence-electron chi connectivity index (χ2n) is 8.67. The van der Waals surface area contributed by atoms with E-state index in [-0.39, 0.29) is 34.9 Å². The minimum atomic E-state index is -1.72. The van der Waals surface area contributed by atoms with Crippen LogP contribution in [0.5, 0.6) is 17.2 Å². The standard InChI is InChI=1S/C25H21N3O9/c1-11(29)17-13(30)9-16-25(2,21(17)32)19-14(31)8-15-18(20(19)37-16)22(33)28(24(35-3)36-15)23(34)27-10-12-6-4-5-7-26-12/h4-9,24,30-31H,10H2,1-3H3,(H,27,34)/t24?,25-/m1/s1. The number of ether oxygens (including phenoxy) is 3. The number of aliphatic hydroxyl groups excluding tert-OH is 1. The van der Waals surface area contributed by atoms with Crippen molar-refractivity contribution in [2.75, 3.05) is 7.11 Å². The summed E-state index contributed by atoms with van der Waals surface area (Å²) in [7, 11) is 1.22. The minimum Gasteiger partial charge on any atom is -0.507 e. The number of aromatic hydroxyl groups is 1. The molecule has 1 aliphatic carbocycles. The Bertz CT molecular complexity index is 1450. The number of carbonyl (C=O) groups is 4. The van der Waals surface area contributed by atoms with Crippen LogP contribution >= 0.6 is 0 Å². The Morgan fingerprint density at radius 2 is 2.03 bits per heavy atom. The number of benzene rings is 1. The van der Waals surface area contributed by atoms with Crippen molar-refractivity contribution in [2.45, 2.75) is 32.2 Å². The lowest BCUT2D eigenvalue weighted by Crippen LogP contribution is -2.55. The number of Topliss-reactive ketones (excluding diaryl/α,β-unsaturated/α-hetero) is 2. The van der Waals surface area contributed by atoms with Crippen LogP contribution in [0.2, 0.25) is 0 Å². The van der Waals surface area contributed by atoms with Crippen molar-refractivity contribution >= 4 is 23.5 Å². The first-order valence-electron chi connectivity index (χ1n) is 11.1. The van der Waals surface area contributed by atoms with Crippen LogP contribution in [0, 0.1) is 0 Å². The zero-order chi connectivity index (χ0) is 26.6. The molecule has 3 aliphatic rings. The van der Waals surface area contributed by atoms with Crippen molar-refractivity contribution < 1.29 is 43.6 Å². The molecular formula is C25H21N3O9. The molecule has 5 rings (SSSR count). The number of nitrogens with zero attached hydrogens (tertiary/aromatic N) is 2. The number of urea groups is 1. The number of hydrogen-bond acceptors (Lipinski definition) is 10. The number of phenols is 1. The minimum absolute atomic E-state index is 0.00909. The van der Waals surface area contributed by atoms with E-state index in [0.717, 1.165) is 19.1 Å². The molecule has 0 bridgehead atoms. The van der Waals surface area contributed by atoms with Crippen LogP contribution in [0.3, 0.4) is 0 Å². The maximum Gasteiger partial charge on any atom is 0.329 e. The van der Waals surface area contributed by atoms with Crippen molar-refractivity contribution in [3.63, 3.8) is 0 Å². The van der Waals surface area contributed by atoms with Gasteiger partial charge in [-0.15, -0.1) is 0 Å². The number of fused-ring (bicyclic) bond motifs is 5. The molecule has 2 aromatic rings. The predicted octanol–water partition coefficient (Wildman–Crippen LogP) is 1.98. The maximum atomic E-state index is 13.6. The highest BCUT2D eigenvalue weighted by molar-refractivity contribution is 6.26. The molecule has 190 valence electrons. The molecule has 3 amide bonds. The number of carbonyl (C=O) groups excluding carboxylic acids is 4. The molecule has 2 aliphatic heterocycles. The van der Waals surface area contributed by atoms with Gasteiger partial charge in [0.05, 0.1) is 17.8 Å². The molecule has 12 heteroatoms. The second-order valence-corrected chi connectivity index (χ2v) is 8.67. The third-order valence-corrected chi connectivity index (χ3v) is 6.43. The summed E-state index contributed by atoms with van der Waals surface area (Å²) in [5.41, 5.74) is -1.98. The number of nitrogens with one attached hydrogen (secondary N) is 1. The van der Waals surface area contributed by atoms with Crippen LogP contribution < -0.4 is 14.8 Å². The fourth-order valence-corrected chi connectivity index (χ4v) is 4.61. The van der Waals surface area contributed by atoms with E-state index in [1.54, 1.807) is 24.4 Å². The summed E-state index contributed by atoms with van der Waals surface area (Å²) >= 11 is 0. The number of hydrogen-bond donors (Lipinski definition) is 3. The number of phenolic OH excluding ortho intramolecular Hbond substituents is 1. The summed E-state index contributed by atoms with van der Waals surface area (Å²) < 4.78 is 16.7. The fraction of sp³-hybridized carbons (Fsp3) is 0.240. The summed E-state index contributed by atoms with van der Waals surface area (Å²) in [6, 6.07) is 5.40. The molecule has 0 radical (unpaired) electrons. The van der Waals surface area contributed by atoms with Crippen LogP contribution in [0.25, 0.3) is 0 Å². The monoisotopic (exact) mass is 507 g/mol. The van der Waals surface area contributed by atoms with Gasteiger partial charge in [0, 0.05) is 25.4 Å². The van der Waals surface area contributed by atoms with E-state index in [4.69, 9.17) is 14.2 Å². The number of imide groups is 1. The Hall–Kier alpha value is -4.71. The van der Waals surface area contributed by atoms with E-state index in [2.05, 4.69) is 10.3 Å². The molecule has 0 saturated heterocycles. The maximum absolute atomic E-state index is 13.6. The fourth-order valence-electron chi connectivity index (χ4n) is 4.61. The van der Waals surface area contributed by atoms with Crippen LogP contribution in [0.1, 0.15) is 35.5 Å². The van der Waals surface area contributed by atoms with Gasteiger partial charge in [0.2, 0.25) is 0 Å². The number of aliphatic hydroxyl groups is 1. The van der Waals surface area contributed by atoms with E-state index in [1.165, 1.54) is 14.0 Å². The van der Waals surface area contributed by atoms with Gasteiger partial charge in [-0.25, -0.2) is 4.79 Å². The number of ketones is 2. The topological polar surface area (TPSA) is 165 Å². The lowest BCUT2D eigenvalue weighted by Gasteiger charge is -2.34. The van der Waals surface area contributed by atoms with E-state index >= 15 is 0 Å². The van der Waals surface area contributed by atoms with Crippen molar-refractivity contribution in [1.29, 1.82) is 0 Å². The number of amides is 3. The third kappa shape index (κ3) is 3.44. The van der Waals surface area contributed by atoms with Gasteiger partial charge in [0.1, 0.15) is 39.6 Å². The van der Waals surface area contributed by atoms with Crippen molar-refractivity contribution in [1.82, 2.24) is 15.2 Å². The Labute approximate surface area is 209 Å². The summed E-state index contributed by atoms with van der Waals surface area (Å²) in [5.74, 6) is -3.92. The SMILES string of the molecule is COC1Oc2cc(O)c3c(c2C(=O)N1C(=O)NCc1ccccn1)OC1=CC(O)=C(C(C)=O)C(=O)[C@]13C. The lowest BCUT2D eigenvalue weighted by atomic mass is 9.71. The first-order valence-corrected chi connectivity index (χ1v) is 11.1. The quantitative estimate of drug-likeness (QED) is 0.521. The molecular weight excluding hydrogens is 486 g/mol. The molecule has 2 atom stereocenters. The molecule has 12 nitrogen and oxygen atoms in total. The van der Waals surface area contributed by atoms with Crippen molar-refractivity contribution in [3.05, 3.63) is 70.5 Å². The van der Waals surface area contributed by atoms with Gasteiger partial charge >= 0.3 is 6.03 Å². The highest BCUT2D eigenvalue weighted by atomic mass is 16.7. The molecule has 3 heterocycles. The normalized spacial score (nSPS) is 21.9. The lowest BCUT2D eigenvalue weighted by molar-refractivity contribution is -0.129. The number of pyridine rings is 1. The Morgan fingerprint density at radius 3 is 2.68 bits per heavy atom. The summed E-state index contributed by atoms with van der Waals surface area (Å²) in [4.78, 5) is 56.9. The molecule has 3 N–H and O–H groups in total. The van der Waals surface area contributed by atoms with Crippen molar-refractivity contribution in [3.8, 4) is 17.2 Å². The van der Waals surface area contributed by atoms with Gasteiger partial charge in [-0.1, -0.05) is 6.07 Å². The van der Waals surface area contributed by atoms with E-state index in [0.29, 0.717) is 10.6 Å². The zero-order valence-electron chi connectivity index (χ0n) is 19.9. The van der Waals surface area contributed by atoms with Gasteiger partial charge < -0.3 is 29.7 Å². The largest absolute Gasteiger partial charge is 0.507 e. The average Bonchev–Trinajstić information content (AvgIpc) is 3.16. The van der Waals surface area contributed by atoms with Gasteiger partial charge in [0.15, 0.2) is 17.3 Å². The van der Waals surface area contributed by atoms with Gasteiger partial charge in [-0.2, -0.15) is 4.90 Å². The number of methoxy groups -OCH3 is 1. The molecule has 37 heavy (non-hydrogen) atoms. The van der Waals surface area contributed by atoms with E-state index in [9.17, 15) is 29.4 Å². The van der Waals surface area contributed by atoms with Crippen LogP contribution in [0.4, 0.5) is 4.79 Å². The van der Waals surface area contributed by atoms with Gasteiger partial charge in [-0.05, 0) is 26.0 Å². The molecule has 0 spiro atoms. The number of allylic oxidation sites excluding steroid dienone is 3. The zero-order valence-corrected chi connectivity index (χ0v) is 19.9. The number of aromatic nitrogens is 1. The Balaban J connectivity index is 1.57. The smallest absolute Gasteiger partial charge is 0.329 e. The average molecular weight is 507 g/mol. The molecule has 1 aromatic heterocycles. The summed E-state index contributed by atoms with van der Waals surface area (Å²) in [6.45, 7) is 2.53. The van der Waals surface area contributed by atoms with Crippen LogP contribution in [-0.4, -0.2) is 57.1 Å². The van der Waals surface area contributed by atoms with Gasteiger partial charge in [-0.3, -0.25) is 19.4 Å². The van der Waals surface area contributed by atoms with Crippen molar-refractivity contribution in [2.24, 2.45) is 0 Å². The van der Waals surface area contributed by atoms with E-state index < -0.39 is 52.4 Å². The summed E-state index contributed by atoms with van der Waals surface area (Å²) in [5, 5.41) is 23.7. The van der Waals surface area contributed by atoms with Gasteiger partial charge in [0.25, 0.3) is 12.3 Å². The second kappa shape index (κ2) is 8.45. The highest BCUT2D eigenvalue weighted by Crippen LogP contribution is 2.57. The molecule has 1 unspecified atom stereocenters. The summed E-state index contributed by atoms with van der Waals surface area (Å²) in [6.07, 6.45) is 1.17. The van der Waals surface area contributed by atoms with E-state index in [1.807, 2.05) is 0 Å². The highest BCUT2D eigenvalue weighted by Gasteiger charge is 2.56. The van der Waals surface area contributed by atoms with Crippen LogP contribution in [0.15, 0.2) is 53.6 Å². The Morgan fingerprint density at radius 1 is 1.27 bits per heavy atom. The molecule has 1 aromatic carbocycles. The predicted molar refractivity (Wildman–Crippen MR) is 124 cm³/mol. The molecule has 0 fully saturated rings.